The van der Waals surface area contributed by atoms with Crippen LogP contribution in [0.3, 0.4) is 0 Å². The van der Waals surface area contributed by atoms with Gasteiger partial charge in [-0.05, 0) is 49.0 Å². The fraction of sp³-hybridized carbons (Fsp3) is 0.500. The predicted molar refractivity (Wildman–Crippen MR) is 116 cm³/mol. The molecule has 3 unspecified atom stereocenters. The second-order valence-electron chi connectivity index (χ2n) is 9.38. The summed E-state index contributed by atoms with van der Waals surface area (Å²) in [6.07, 6.45) is 1.49. The molecule has 0 amide bonds. The zero-order valence-corrected chi connectivity index (χ0v) is 19.1. The molecule has 29 heavy (non-hydrogen) atoms. The summed E-state index contributed by atoms with van der Waals surface area (Å²) in [6, 6.07) is 11.2. The molecule has 0 radical (unpaired) electrons. The summed E-state index contributed by atoms with van der Waals surface area (Å²) in [6.45, 7) is 10.1. The van der Waals surface area contributed by atoms with Crippen molar-refractivity contribution in [2.45, 2.75) is 58.4 Å². The number of halogens is 1. The summed E-state index contributed by atoms with van der Waals surface area (Å²) in [5.74, 6) is -0.455. The van der Waals surface area contributed by atoms with Gasteiger partial charge in [-0.15, -0.1) is 0 Å². The van der Waals surface area contributed by atoms with E-state index in [0.29, 0.717) is 5.75 Å². The van der Waals surface area contributed by atoms with Crippen LogP contribution in [-0.2, 0) is 9.53 Å². The first-order valence-electron chi connectivity index (χ1n) is 10.2. The number of benzene rings is 2. The number of carbonyl (C=O) groups is 2. The van der Waals surface area contributed by atoms with E-state index in [9.17, 15) is 9.59 Å². The molecule has 0 aromatic heterocycles. The quantitative estimate of drug-likeness (QED) is 0.325. The van der Waals surface area contributed by atoms with Gasteiger partial charge in [0.15, 0.2) is 5.75 Å². The monoisotopic (exact) mass is 458 g/mol. The highest BCUT2D eigenvalue weighted by Gasteiger charge is 2.81. The molecule has 5 heteroatoms. The molecule has 4 nitrogen and oxygen atoms in total. The smallest absolute Gasteiger partial charge is 0.342 e. The molecule has 3 fully saturated rings. The molecule has 0 N–H and O–H groups in total. The molecule has 0 spiro atoms. The van der Waals surface area contributed by atoms with Gasteiger partial charge in [0.25, 0.3) is 0 Å². The highest BCUT2D eigenvalue weighted by Crippen LogP contribution is 2.80. The minimum absolute atomic E-state index is 0.0597. The van der Waals surface area contributed by atoms with E-state index >= 15 is 0 Å². The normalized spacial score (nSPS) is 29.6. The zero-order valence-electron chi connectivity index (χ0n) is 17.5. The van der Waals surface area contributed by atoms with Crippen molar-refractivity contribution in [1.82, 2.24) is 0 Å². The molecule has 2 bridgehead atoms. The van der Waals surface area contributed by atoms with Crippen LogP contribution in [0.2, 0.25) is 0 Å². The first-order chi connectivity index (χ1) is 13.6. The number of carbonyl (C=O) groups excluding carboxylic acids is 2. The maximum Gasteiger partial charge on any atom is 0.342 e. The molecule has 3 aliphatic carbocycles. The predicted octanol–water partition coefficient (Wildman–Crippen LogP) is 5.90. The Kier molecular flexibility index (Phi) is 4.61. The van der Waals surface area contributed by atoms with Crippen LogP contribution in [0.4, 0.5) is 0 Å². The molecule has 154 valence electrons. The molecular formula is C24H27BrO4. The fourth-order valence-electron chi connectivity index (χ4n) is 5.38. The van der Waals surface area contributed by atoms with Crippen LogP contribution in [0, 0.1) is 16.2 Å². The summed E-state index contributed by atoms with van der Waals surface area (Å²) in [7, 11) is 0. The molecule has 3 saturated carbocycles. The van der Waals surface area contributed by atoms with Crippen LogP contribution in [-0.4, -0.2) is 22.9 Å². The summed E-state index contributed by atoms with van der Waals surface area (Å²) in [5.41, 5.74) is -0.442. The highest BCUT2D eigenvalue weighted by atomic mass is 79.9. The van der Waals surface area contributed by atoms with Crippen LogP contribution in [0.1, 0.15) is 57.8 Å². The van der Waals surface area contributed by atoms with Crippen molar-refractivity contribution in [3.8, 4) is 5.75 Å². The molecule has 3 atom stereocenters. The van der Waals surface area contributed by atoms with Crippen molar-refractivity contribution in [3.05, 3.63) is 42.0 Å². The Morgan fingerprint density at radius 1 is 1.07 bits per heavy atom. The van der Waals surface area contributed by atoms with Crippen molar-refractivity contribution in [3.63, 3.8) is 0 Å². The fourth-order valence-corrected chi connectivity index (χ4v) is 7.17. The Morgan fingerprint density at radius 3 is 2.34 bits per heavy atom. The number of fused-ring (bicyclic) bond motifs is 2. The summed E-state index contributed by atoms with van der Waals surface area (Å²) >= 11 is 3.79. The van der Waals surface area contributed by atoms with E-state index in [1.807, 2.05) is 30.3 Å². The molecule has 0 heterocycles. The number of esters is 2. The van der Waals surface area contributed by atoms with Crippen LogP contribution in [0.15, 0.2) is 36.4 Å². The molecule has 2 aromatic carbocycles. The molecule has 5 rings (SSSR count). The maximum atomic E-state index is 13.6. The second-order valence-corrected chi connectivity index (χ2v) is 10.3. The van der Waals surface area contributed by atoms with Gasteiger partial charge in [0.2, 0.25) is 0 Å². The maximum absolute atomic E-state index is 13.6. The van der Waals surface area contributed by atoms with Gasteiger partial charge < -0.3 is 9.47 Å². The summed E-state index contributed by atoms with van der Waals surface area (Å²) in [4.78, 5) is 26.4. The molecule has 0 saturated heterocycles. The third-order valence-corrected chi connectivity index (χ3v) is 9.37. The molecule has 0 aliphatic heterocycles. The highest BCUT2D eigenvalue weighted by molar-refractivity contribution is 9.09. The number of hydrogen-bond acceptors (Lipinski definition) is 4. The summed E-state index contributed by atoms with van der Waals surface area (Å²) < 4.78 is 11.5. The van der Waals surface area contributed by atoms with Gasteiger partial charge in [-0.25, -0.2) is 4.79 Å². The van der Waals surface area contributed by atoms with E-state index in [1.54, 1.807) is 19.9 Å². The average Bonchev–Trinajstić information content (AvgIpc) is 3.08. The standard InChI is InChI=1S/C24H27BrO4/c1-14(2)28-19(26)17-11-10-15-8-6-7-9-16(15)18(17)29-21(27)24-13-12-23(5,20(24)25)22(24,3)4/h6-11,14,20H,12-13H2,1-5H3. The van der Waals surface area contributed by atoms with E-state index in [0.717, 1.165) is 23.6 Å². The number of alkyl halides is 1. The summed E-state index contributed by atoms with van der Waals surface area (Å²) in [5, 5.41) is 1.65. The van der Waals surface area contributed by atoms with Crippen LogP contribution in [0.25, 0.3) is 10.8 Å². The van der Waals surface area contributed by atoms with Crippen molar-refractivity contribution in [2.24, 2.45) is 16.2 Å². The van der Waals surface area contributed by atoms with E-state index < -0.39 is 11.4 Å². The topological polar surface area (TPSA) is 52.6 Å². The molecule has 2 aromatic rings. The Balaban J connectivity index is 1.78. The second kappa shape index (κ2) is 6.56. The Morgan fingerprint density at radius 2 is 1.76 bits per heavy atom. The lowest BCUT2D eigenvalue weighted by Gasteiger charge is -2.63. The number of ether oxygens (including phenoxy) is 2. The largest absolute Gasteiger partial charge is 0.459 e. The third-order valence-electron chi connectivity index (χ3n) is 7.58. The van der Waals surface area contributed by atoms with Crippen LogP contribution >= 0.6 is 15.9 Å². The minimum Gasteiger partial charge on any atom is -0.459 e. The lowest BCUT2D eigenvalue weighted by molar-refractivity contribution is -0.176. The van der Waals surface area contributed by atoms with E-state index in [4.69, 9.17) is 9.47 Å². The molecule has 3 aliphatic rings. The minimum atomic E-state index is -0.599. The van der Waals surface area contributed by atoms with Crippen molar-refractivity contribution >= 4 is 38.6 Å². The Labute approximate surface area is 180 Å². The van der Waals surface area contributed by atoms with E-state index in [1.165, 1.54) is 0 Å². The zero-order chi connectivity index (χ0) is 21.2. The van der Waals surface area contributed by atoms with Gasteiger partial charge in [0.05, 0.1) is 11.5 Å². The van der Waals surface area contributed by atoms with Gasteiger partial charge in [-0.1, -0.05) is 67.0 Å². The lowest BCUT2D eigenvalue weighted by Crippen LogP contribution is -2.68. The number of rotatable bonds is 4. The Hall–Kier alpha value is -1.88. The first kappa shape index (κ1) is 20.4. The van der Waals surface area contributed by atoms with Gasteiger partial charge in [0, 0.05) is 10.2 Å². The lowest BCUT2D eigenvalue weighted by atomic mass is 9.43. The third kappa shape index (κ3) is 2.56. The van der Waals surface area contributed by atoms with Crippen LogP contribution < -0.4 is 4.74 Å². The van der Waals surface area contributed by atoms with Gasteiger partial charge in [-0.3, -0.25) is 4.79 Å². The van der Waals surface area contributed by atoms with E-state index in [2.05, 4.69) is 36.7 Å². The van der Waals surface area contributed by atoms with E-state index in [-0.39, 0.29) is 33.3 Å². The van der Waals surface area contributed by atoms with Gasteiger partial charge in [-0.2, -0.15) is 0 Å². The van der Waals surface area contributed by atoms with Crippen molar-refractivity contribution in [2.75, 3.05) is 0 Å². The number of hydrogen-bond donors (Lipinski definition) is 0. The average molecular weight is 459 g/mol. The van der Waals surface area contributed by atoms with Gasteiger partial charge in [0.1, 0.15) is 5.56 Å². The van der Waals surface area contributed by atoms with Crippen molar-refractivity contribution < 1.29 is 19.1 Å². The first-order valence-corrected chi connectivity index (χ1v) is 11.1. The Bertz CT molecular complexity index is 1010. The molecular weight excluding hydrogens is 432 g/mol. The van der Waals surface area contributed by atoms with Crippen molar-refractivity contribution in [1.29, 1.82) is 0 Å². The van der Waals surface area contributed by atoms with Gasteiger partial charge >= 0.3 is 11.9 Å². The van der Waals surface area contributed by atoms with Crippen LogP contribution in [0.5, 0.6) is 5.75 Å². The SMILES string of the molecule is CC(C)OC(=O)c1ccc2ccccc2c1OC(=O)C12CCC(C)(C1Br)C2(C)C.